The van der Waals surface area contributed by atoms with Gasteiger partial charge in [0, 0.05) is 29.7 Å². The third-order valence-corrected chi connectivity index (χ3v) is 2.81. The average molecular weight is 265 g/mol. The molecule has 0 atom stereocenters. The number of aryl methyl sites for hydroxylation is 1. The molecule has 0 radical (unpaired) electrons. The number of nitrogens with zero attached hydrogens (tertiary/aromatic N) is 2. The number of carboxylic acids is 1. The number of halogens is 1. The number of carbonyl (C=O) groups is 1. The van der Waals surface area contributed by atoms with Crippen LogP contribution in [0, 0.1) is 0 Å². The van der Waals surface area contributed by atoms with Crippen molar-refractivity contribution in [1.29, 1.82) is 0 Å². The first kappa shape index (κ1) is 12.6. The van der Waals surface area contributed by atoms with E-state index in [9.17, 15) is 4.79 Å². The monoisotopic (exact) mass is 264 g/mol. The molecule has 4 nitrogen and oxygen atoms in total. The number of hydrogen-bond donors (Lipinski definition) is 1. The first-order valence-corrected chi connectivity index (χ1v) is 6.04. The van der Waals surface area contributed by atoms with E-state index in [1.54, 1.807) is 4.68 Å². The smallest absolute Gasteiger partial charge is 0.303 e. The van der Waals surface area contributed by atoms with Crippen LogP contribution in [0.15, 0.2) is 36.5 Å². The van der Waals surface area contributed by atoms with Crippen molar-refractivity contribution >= 4 is 17.6 Å². The summed E-state index contributed by atoms with van der Waals surface area (Å²) >= 11 is 5.82. The second-order valence-electron chi connectivity index (χ2n) is 3.97. The minimum atomic E-state index is -0.778. The molecule has 1 aromatic carbocycles. The van der Waals surface area contributed by atoms with Crippen LogP contribution in [-0.4, -0.2) is 20.9 Å². The van der Waals surface area contributed by atoms with E-state index in [0.717, 1.165) is 11.3 Å². The van der Waals surface area contributed by atoms with Gasteiger partial charge in [-0.3, -0.25) is 9.48 Å². The Morgan fingerprint density at radius 3 is 2.67 bits per heavy atom. The zero-order chi connectivity index (χ0) is 13.0. The second kappa shape index (κ2) is 5.69. The van der Waals surface area contributed by atoms with Crippen LogP contribution < -0.4 is 0 Å². The number of aliphatic carboxylic acids is 1. The molecule has 1 heterocycles. The van der Waals surface area contributed by atoms with Crippen LogP contribution in [0.3, 0.4) is 0 Å². The molecule has 18 heavy (non-hydrogen) atoms. The SMILES string of the molecule is O=C(O)CCCn1ccc(-c2ccc(Cl)cc2)n1. The predicted molar refractivity (Wildman–Crippen MR) is 69.5 cm³/mol. The topological polar surface area (TPSA) is 55.1 Å². The molecule has 0 spiro atoms. The molecule has 1 aromatic heterocycles. The van der Waals surface area contributed by atoms with Crippen molar-refractivity contribution in [2.75, 3.05) is 0 Å². The lowest BCUT2D eigenvalue weighted by Crippen LogP contribution is -2.02. The summed E-state index contributed by atoms with van der Waals surface area (Å²) in [4.78, 5) is 10.4. The van der Waals surface area contributed by atoms with E-state index in [-0.39, 0.29) is 6.42 Å². The van der Waals surface area contributed by atoms with Crippen molar-refractivity contribution in [3.63, 3.8) is 0 Å². The van der Waals surface area contributed by atoms with Gasteiger partial charge in [0.1, 0.15) is 0 Å². The zero-order valence-electron chi connectivity index (χ0n) is 9.71. The van der Waals surface area contributed by atoms with Crippen LogP contribution in [0.5, 0.6) is 0 Å². The largest absolute Gasteiger partial charge is 0.481 e. The van der Waals surface area contributed by atoms with Crippen LogP contribution in [0.4, 0.5) is 0 Å². The number of aromatic nitrogens is 2. The highest BCUT2D eigenvalue weighted by atomic mass is 35.5. The predicted octanol–water partition coefficient (Wildman–Crippen LogP) is 3.07. The van der Waals surface area contributed by atoms with Gasteiger partial charge in [-0.15, -0.1) is 0 Å². The fourth-order valence-electron chi connectivity index (χ4n) is 1.65. The van der Waals surface area contributed by atoms with Gasteiger partial charge in [0.15, 0.2) is 0 Å². The molecule has 0 bridgehead atoms. The van der Waals surface area contributed by atoms with Gasteiger partial charge in [-0.1, -0.05) is 23.7 Å². The lowest BCUT2D eigenvalue weighted by atomic mass is 10.2. The highest BCUT2D eigenvalue weighted by Gasteiger charge is 2.03. The zero-order valence-corrected chi connectivity index (χ0v) is 10.5. The van der Waals surface area contributed by atoms with Gasteiger partial charge in [0.2, 0.25) is 0 Å². The van der Waals surface area contributed by atoms with Crippen molar-refractivity contribution in [2.45, 2.75) is 19.4 Å². The van der Waals surface area contributed by atoms with Gasteiger partial charge < -0.3 is 5.11 Å². The summed E-state index contributed by atoms with van der Waals surface area (Å²) in [7, 11) is 0. The van der Waals surface area contributed by atoms with E-state index in [2.05, 4.69) is 5.10 Å². The van der Waals surface area contributed by atoms with Crippen LogP contribution in [-0.2, 0) is 11.3 Å². The molecule has 0 fully saturated rings. The first-order chi connectivity index (χ1) is 8.65. The molecule has 0 amide bonds. The normalized spacial score (nSPS) is 10.5. The first-order valence-electron chi connectivity index (χ1n) is 5.66. The van der Waals surface area contributed by atoms with E-state index in [4.69, 9.17) is 16.7 Å². The van der Waals surface area contributed by atoms with Gasteiger partial charge in [-0.2, -0.15) is 5.10 Å². The van der Waals surface area contributed by atoms with Gasteiger partial charge in [-0.05, 0) is 24.6 Å². The van der Waals surface area contributed by atoms with Crippen LogP contribution in [0.25, 0.3) is 11.3 Å². The Morgan fingerprint density at radius 2 is 2.00 bits per heavy atom. The number of carboxylic acid groups (broad SMARTS) is 1. The fraction of sp³-hybridized carbons (Fsp3) is 0.231. The summed E-state index contributed by atoms with van der Waals surface area (Å²) in [6, 6.07) is 9.36. The average Bonchev–Trinajstić information content (AvgIpc) is 2.78. The Morgan fingerprint density at radius 1 is 1.28 bits per heavy atom. The molecule has 5 heteroatoms. The minimum Gasteiger partial charge on any atom is -0.481 e. The third kappa shape index (κ3) is 3.34. The highest BCUT2D eigenvalue weighted by molar-refractivity contribution is 6.30. The molecule has 0 saturated heterocycles. The Hall–Kier alpha value is -1.81. The van der Waals surface area contributed by atoms with Crippen LogP contribution in [0.1, 0.15) is 12.8 Å². The molecule has 0 aliphatic carbocycles. The summed E-state index contributed by atoms with van der Waals surface area (Å²) in [6.45, 7) is 0.611. The van der Waals surface area contributed by atoms with Crippen molar-refractivity contribution in [2.24, 2.45) is 0 Å². The van der Waals surface area contributed by atoms with Crippen molar-refractivity contribution < 1.29 is 9.90 Å². The number of benzene rings is 1. The standard InChI is InChI=1S/C13H13ClN2O2/c14-11-5-3-10(4-6-11)12-7-9-16(15-12)8-1-2-13(17)18/h3-7,9H,1-2,8H2,(H,17,18). The van der Waals surface area contributed by atoms with Crippen molar-refractivity contribution in [3.8, 4) is 11.3 Å². The van der Waals surface area contributed by atoms with E-state index in [1.807, 2.05) is 36.5 Å². The molecule has 0 unspecified atom stereocenters. The molecular weight excluding hydrogens is 252 g/mol. The lowest BCUT2D eigenvalue weighted by Gasteiger charge is -1.99. The maximum absolute atomic E-state index is 10.4. The Balaban J connectivity index is 2.01. The number of hydrogen-bond acceptors (Lipinski definition) is 2. The van der Waals surface area contributed by atoms with Crippen molar-refractivity contribution in [1.82, 2.24) is 9.78 Å². The Bertz CT molecular complexity index is 534. The molecule has 1 N–H and O–H groups in total. The maximum atomic E-state index is 10.4. The van der Waals surface area contributed by atoms with Crippen molar-refractivity contribution in [3.05, 3.63) is 41.6 Å². The molecule has 0 saturated carbocycles. The van der Waals surface area contributed by atoms with E-state index in [1.165, 1.54) is 0 Å². The molecule has 0 aliphatic heterocycles. The minimum absolute atomic E-state index is 0.163. The summed E-state index contributed by atoms with van der Waals surface area (Å²) in [5.41, 5.74) is 1.86. The van der Waals surface area contributed by atoms with Gasteiger partial charge in [0.05, 0.1) is 5.69 Å². The van der Waals surface area contributed by atoms with Gasteiger partial charge >= 0.3 is 5.97 Å². The van der Waals surface area contributed by atoms with E-state index in [0.29, 0.717) is 18.0 Å². The second-order valence-corrected chi connectivity index (χ2v) is 4.40. The Labute approximate surface area is 110 Å². The van der Waals surface area contributed by atoms with Gasteiger partial charge in [0.25, 0.3) is 0 Å². The molecule has 2 aromatic rings. The van der Waals surface area contributed by atoms with E-state index >= 15 is 0 Å². The molecule has 94 valence electrons. The Kier molecular flexibility index (Phi) is 3.99. The summed E-state index contributed by atoms with van der Waals surface area (Å²) < 4.78 is 1.76. The van der Waals surface area contributed by atoms with Gasteiger partial charge in [-0.25, -0.2) is 0 Å². The summed E-state index contributed by atoms with van der Waals surface area (Å²) in [5, 5.41) is 13.6. The molecule has 2 rings (SSSR count). The van der Waals surface area contributed by atoms with Crippen LogP contribution >= 0.6 is 11.6 Å². The van der Waals surface area contributed by atoms with E-state index < -0.39 is 5.97 Å². The maximum Gasteiger partial charge on any atom is 0.303 e. The molecule has 0 aliphatic rings. The quantitative estimate of drug-likeness (QED) is 0.903. The third-order valence-electron chi connectivity index (χ3n) is 2.56. The lowest BCUT2D eigenvalue weighted by molar-refractivity contribution is -0.137. The fourth-order valence-corrected chi connectivity index (χ4v) is 1.78. The summed E-state index contributed by atoms with van der Waals surface area (Å²) in [6.07, 6.45) is 2.60. The molecular formula is C13H13ClN2O2. The number of rotatable bonds is 5. The highest BCUT2D eigenvalue weighted by Crippen LogP contribution is 2.19. The summed E-state index contributed by atoms with van der Waals surface area (Å²) in [5.74, 6) is -0.778. The van der Waals surface area contributed by atoms with Crippen LogP contribution in [0.2, 0.25) is 5.02 Å².